The van der Waals surface area contributed by atoms with Crippen LogP contribution in [0.2, 0.25) is 0 Å². The van der Waals surface area contributed by atoms with Gasteiger partial charge in [-0.15, -0.1) is 11.3 Å². The van der Waals surface area contributed by atoms with Gasteiger partial charge in [-0.25, -0.2) is 0 Å². The van der Waals surface area contributed by atoms with E-state index in [1.165, 1.54) is 10.9 Å². The van der Waals surface area contributed by atoms with E-state index in [9.17, 15) is 9.59 Å². The van der Waals surface area contributed by atoms with Gasteiger partial charge in [0.1, 0.15) is 6.61 Å². The van der Waals surface area contributed by atoms with Gasteiger partial charge in [0, 0.05) is 30.2 Å². The van der Waals surface area contributed by atoms with Crippen LogP contribution in [0.15, 0.2) is 40.6 Å². The molecule has 0 saturated heterocycles. The molecule has 0 aromatic carbocycles. The van der Waals surface area contributed by atoms with Gasteiger partial charge in [-0.1, -0.05) is 13.0 Å². The van der Waals surface area contributed by atoms with Crippen LogP contribution in [-0.4, -0.2) is 35.5 Å². The molecule has 0 atom stereocenters. The Hall–Kier alpha value is -1.92. The lowest BCUT2D eigenvalue weighted by molar-refractivity contribution is -0.136. The van der Waals surface area contributed by atoms with E-state index in [2.05, 4.69) is 18.0 Å². The molecule has 2 aromatic rings. The minimum absolute atomic E-state index is 0.00625. The number of rotatable bonds is 9. The quantitative estimate of drug-likeness (QED) is 0.766. The summed E-state index contributed by atoms with van der Waals surface area (Å²) < 4.78 is 5.46. The first kappa shape index (κ1) is 17.4. The van der Waals surface area contributed by atoms with Crippen molar-refractivity contribution < 1.29 is 9.53 Å². The molecule has 0 fully saturated rings. The van der Waals surface area contributed by atoms with Gasteiger partial charge in [-0.3, -0.25) is 9.59 Å². The van der Waals surface area contributed by atoms with Gasteiger partial charge in [0.15, 0.2) is 0 Å². The average molecular weight is 334 g/mol. The van der Waals surface area contributed by atoms with Gasteiger partial charge >= 0.3 is 0 Å². The van der Waals surface area contributed by atoms with Gasteiger partial charge in [-0.05, 0) is 35.9 Å². The van der Waals surface area contributed by atoms with E-state index in [1.807, 2.05) is 16.3 Å². The first-order valence-electron chi connectivity index (χ1n) is 7.74. The molecule has 2 aromatic heterocycles. The Morgan fingerprint density at radius 1 is 1.35 bits per heavy atom. The molecule has 0 aliphatic heterocycles. The highest BCUT2D eigenvalue weighted by molar-refractivity contribution is 7.09. The van der Waals surface area contributed by atoms with Crippen LogP contribution in [0.5, 0.6) is 0 Å². The van der Waals surface area contributed by atoms with Gasteiger partial charge in [-0.2, -0.15) is 0 Å². The Morgan fingerprint density at radius 3 is 2.91 bits per heavy atom. The minimum Gasteiger partial charge on any atom is -0.367 e. The maximum atomic E-state index is 12.3. The molecule has 2 rings (SSSR count). The highest BCUT2D eigenvalue weighted by atomic mass is 32.1. The SMILES string of the molecule is CCCN(CCc1cccs1)C(=O)COCc1cc[nH]c(=O)c1. The van der Waals surface area contributed by atoms with Crippen molar-refractivity contribution in [3.8, 4) is 0 Å². The molecule has 0 unspecified atom stereocenters. The highest BCUT2D eigenvalue weighted by Crippen LogP contribution is 2.10. The number of hydrogen-bond donors (Lipinski definition) is 1. The molecule has 0 aliphatic rings. The van der Waals surface area contributed by atoms with E-state index in [1.54, 1.807) is 23.6 Å². The lowest BCUT2D eigenvalue weighted by Gasteiger charge is -2.21. The molecule has 5 nitrogen and oxygen atoms in total. The topological polar surface area (TPSA) is 62.4 Å². The molecule has 1 amide bonds. The van der Waals surface area contributed by atoms with E-state index >= 15 is 0 Å². The number of nitrogens with one attached hydrogen (secondary N) is 1. The molecule has 0 bridgehead atoms. The fraction of sp³-hybridized carbons (Fsp3) is 0.412. The van der Waals surface area contributed by atoms with Gasteiger partial charge < -0.3 is 14.6 Å². The molecule has 0 aliphatic carbocycles. The molecule has 23 heavy (non-hydrogen) atoms. The number of H-pyrrole nitrogens is 1. The van der Waals surface area contributed by atoms with Crippen molar-refractivity contribution in [1.82, 2.24) is 9.88 Å². The number of thiophene rings is 1. The van der Waals surface area contributed by atoms with Crippen LogP contribution in [0.1, 0.15) is 23.8 Å². The lowest BCUT2D eigenvalue weighted by atomic mass is 10.3. The molecular formula is C17H22N2O3S. The second kappa shape index (κ2) is 9.27. The van der Waals surface area contributed by atoms with Crippen LogP contribution in [0.4, 0.5) is 0 Å². The third kappa shape index (κ3) is 6.00. The monoisotopic (exact) mass is 334 g/mol. The summed E-state index contributed by atoms with van der Waals surface area (Å²) in [6.07, 6.45) is 3.37. The van der Waals surface area contributed by atoms with E-state index < -0.39 is 0 Å². The van der Waals surface area contributed by atoms with Gasteiger partial charge in [0.25, 0.3) is 0 Å². The summed E-state index contributed by atoms with van der Waals surface area (Å²) in [5, 5.41) is 2.05. The first-order valence-corrected chi connectivity index (χ1v) is 8.62. The maximum Gasteiger partial charge on any atom is 0.248 e. The highest BCUT2D eigenvalue weighted by Gasteiger charge is 2.13. The number of ether oxygens (including phenoxy) is 1. The normalized spacial score (nSPS) is 10.7. The number of amides is 1. The Balaban J connectivity index is 1.79. The summed E-state index contributed by atoms with van der Waals surface area (Å²) in [4.78, 5) is 29.2. The predicted molar refractivity (Wildman–Crippen MR) is 91.6 cm³/mol. The summed E-state index contributed by atoms with van der Waals surface area (Å²) in [5.74, 6) is -0.00625. The van der Waals surface area contributed by atoms with Crippen molar-refractivity contribution >= 4 is 17.2 Å². The molecule has 0 radical (unpaired) electrons. The minimum atomic E-state index is -0.166. The first-order chi connectivity index (χ1) is 11.2. The van der Waals surface area contributed by atoms with Gasteiger partial charge in [0.2, 0.25) is 11.5 Å². The zero-order chi connectivity index (χ0) is 16.5. The predicted octanol–water partition coefficient (Wildman–Crippen LogP) is 2.43. The van der Waals surface area contributed by atoms with Crippen molar-refractivity contribution in [2.24, 2.45) is 0 Å². The summed E-state index contributed by atoms with van der Waals surface area (Å²) in [6.45, 7) is 3.81. The second-order valence-electron chi connectivity index (χ2n) is 5.26. The van der Waals surface area contributed by atoms with Crippen LogP contribution in [0.3, 0.4) is 0 Å². The number of pyridine rings is 1. The fourth-order valence-corrected chi connectivity index (χ4v) is 2.96. The van der Waals surface area contributed by atoms with E-state index in [0.29, 0.717) is 6.54 Å². The van der Waals surface area contributed by atoms with Crippen molar-refractivity contribution in [3.05, 3.63) is 56.6 Å². The number of carbonyl (C=O) groups excluding carboxylic acids is 1. The standard InChI is InChI=1S/C17H22N2O3S/c1-2-8-19(9-6-15-4-3-10-23-15)17(21)13-22-12-14-5-7-18-16(20)11-14/h3-5,7,10-11H,2,6,8-9,12-13H2,1H3,(H,18,20). The lowest BCUT2D eigenvalue weighted by Crippen LogP contribution is -2.36. The largest absolute Gasteiger partial charge is 0.367 e. The maximum absolute atomic E-state index is 12.3. The van der Waals surface area contributed by atoms with Crippen LogP contribution in [0, 0.1) is 0 Å². The Morgan fingerprint density at radius 2 is 2.22 bits per heavy atom. The summed E-state index contributed by atoms with van der Waals surface area (Å²) in [6, 6.07) is 7.36. The zero-order valence-electron chi connectivity index (χ0n) is 13.3. The molecule has 0 spiro atoms. The Labute approximate surface area is 139 Å². The van der Waals surface area contributed by atoms with Crippen LogP contribution in [0.25, 0.3) is 0 Å². The second-order valence-corrected chi connectivity index (χ2v) is 6.30. The average Bonchev–Trinajstić information content (AvgIpc) is 3.05. The van der Waals surface area contributed by atoms with Crippen LogP contribution < -0.4 is 5.56 Å². The number of aromatic nitrogens is 1. The number of hydrogen-bond acceptors (Lipinski definition) is 4. The number of carbonyl (C=O) groups is 1. The number of aromatic amines is 1. The summed E-state index contributed by atoms with van der Waals surface area (Å²) in [5.41, 5.74) is 0.600. The summed E-state index contributed by atoms with van der Waals surface area (Å²) >= 11 is 1.71. The smallest absolute Gasteiger partial charge is 0.248 e. The zero-order valence-corrected chi connectivity index (χ0v) is 14.1. The molecule has 2 heterocycles. The Kier molecular flexibility index (Phi) is 7.03. The number of nitrogens with zero attached hydrogens (tertiary/aromatic N) is 1. The molecule has 6 heteroatoms. The van der Waals surface area contributed by atoms with Gasteiger partial charge in [0.05, 0.1) is 6.61 Å². The van der Waals surface area contributed by atoms with E-state index in [-0.39, 0.29) is 24.7 Å². The van der Waals surface area contributed by atoms with Crippen molar-refractivity contribution in [1.29, 1.82) is 0 Å². The molecule has 1 N–H and O–H groups in total. The Bertz CT molecular complexity index is 652. The third-order valence-electron chi connectivity index (χ3n) is 3.39. The van der Waals surface area contributed by atoms with Crippen molar-refractivity contribution in [2.45, 2.75) is 26.4 Å². The van der Waals surface area contributed by atoms with E-state index in [0.717, 1.165) is 24.9 Å². The summed E-state index contributed by atoms with van der Waals surface area (Å²) in [7, 11) is 0. The third-order valence-corrected chi connectivity index (χ3v) is 4.32. The molecular weight excluding hydrogens is 312 g/mol. The van der Waals surface area contributed by atoms with Crippen molar-refractivity contribution in [2.75, 3.05) is 19.7 Å². The van der Waals surface area contributed by atoms with Crippen LogP contribution >= 0.6 is 11.3 Å². The fourth-order valence-electron chi connectivity index (χ4n) is 2.26. The van der Waals surface area contributed by atoms with Crippen LogP contribution in [-0.2, 0) is 22.6 Å². The van der Waals surface area contributed by atoms with E-state index in [4.69, 9.17) is 4.74 Å². The van der Waals surface area contributed by atoms with Crippen molar-refractivity contribution in [3.63, 3.8) is 0 Å². The molecule has 0 saturated carbocycles. The molecule has 124 valence electrons.